The van der Waals surface area contributed by atoms with Gasteiger partial charge in [-0.05, 0) is 46.2 Å². The molecule has 2 aromatic rings. The number of hydrogen-bond acceptors (Lipinski definition) is 2. The Bertz CT molecular complexity index is 515. The summed E-state index contributed by atoms with van der Waals surface area (Å²) >= 11 is 2.18. The van der Waals surface area contributed by atoms with E-state index < -0.39 is 0 Å². The third-order valence-electron chi connectivity index (χ3n) is 2.07. The van der Waals surface area contributed by atoms with Gasteiger partial charge in [-0.3, -0.25) is 4.79 Å². The van der Waals surface area contributed by atoms with E-state index in [1.807, 2.05) is 18.2 Å². The lowest BCUT2D eigenvalue weighted by Gasteiger charge is -2.04. The van der Waals surface area contributed by atoms with Crippen molar-refractivity contribution in [1.29, 1.82) is 0 Å². The Hall–Kier alpha value is -0.520. The number of phenols is 1. The van der Waals surface area contributed by atoms with Crippen LogP contribution in [-0.4, -0.2) is 11.4 Å². The second kappa shape index (κ2) is 6.27. The van der Waals surface area contributed by atoms with Crippen LogP contribution in [0, 0.1) is 3.57 Å². The number of aromatic hydroxyl groups is 1. The SMILES string of the molecule is Cl.Cl.O=Cc1cc(O)cc2cccc(I)c12. The van der Waals surface area contributed by atoms with Gasteiger partial charge in [-0.25, -0.2) is 0 Å². The quantitative estimate of drug-likeness (QED) is 0.612. The monoisotopic (exact) mass is 370 g/mol. The van der Waals surface area contributed by atoms with Crippen molar-refractivity contribution < 1.29 is 9.90 Å². The van der Waals surface area contributed by atoms with Gasteiger partial charge in [0, 0.05) is 14.5 Å². The maximum atomic E-state index is 10.8. The van der Waals surface area contributed by atoms with Crippen molar-refractivity contribution in [2.24, 2.45) is 0 Å². The fourth-order valence-corrected chi connectivity index (χ4v) is 2.32. The van der Waals surface area contributed by atoms with Crippen molar-refractivity contribution in [1.82, 2.24) is 0 Å². The van der Waals surface area contributed by atoms with Crippen molar-refractivity contribution in [2.75, 3.05) is 0 Å². The van der Waals surface area contributed by atoms with Crippen LogP contribution < -0.4 is 0 Å². The number of phenolic OH excluding ortho intramolecular Hbond substituents is 1. The normalized spacial score (nSPS) is 9.06. The Balaban J connectivity index is 0.00000112. The third-order valence-corrected chi connectivity index (χ3v) is 2.97. The molecule has 2 nitrogen and oxygen atoms in total. The number of carbonyl (C=O) groups excluding carboxylic acids is 1. The smallest absolute Gasteiger partial charge is 0.150 e. The molecule has 0 fully saturated rings. The number of rotatable bonds is 1. The first-order chi connectivity index (χ1) is 6.72. The van der Waals surface area contributed by atoms with Gasteiger partial charge in [-0.1, -0.05) is 12.1 Å². The van der Waals surface area contributed by atoms with Gasteiger partial charge in [0.25, 0.3) is 0 Å². The third kappa shape index (κ3) is 2.78. The van der Waals surface area contributed by atoms with Gasteiger partial charge in [0.1, 0.15) is 5.75 Å². The first kappa shape index (κ1) is 15.5. The number of hydrogen-bond donors (Lipinski definition) is 1. The van der Waals surface area contributed by atoms with E-state index in [0.29, 0.717) is 5.56 Å². The maximum Gasteiger partial charge on any atom is 0.150 e. The molecule has 0 radical (unpaired) electrons. The molecule has 0 aliphatic carbocycles. The molecule has 0 aliphatic rings. The Morgan fingerprint density at radius 2 is 1.88 bits per heavy atom. The highest BCUT2D eigenvalue weighted by Crippen LogP contribution is 2.27. The van der Waals surface area contributed by atoms with Crippen LogP contribution >= 0.6 is 47.4 Å². The molecule has 0 aromatic heterocycles. The molecule has 0 saturated carbocycles. The van der Waals surface area contributed by atoms with Crippen molar-refractivity contribution in [3.05, 3.63) is 39.5 Å². The molecule has 2 rings (SSSR count). The molecule has 16 heavy (non-hydrogen) atoms. The Morgan fingerprint density at radius 1 is 1.19 bits per heavy atom. The van der Waals surface area contributed by atoms with Crippen molar-refractivity contribution in [3.63, 3.8) is 0 Å². The summed E-state index contributed by atoms with van der Waals surface area (Å²) in [5, 5.41) is 11.2. The Morgan fingerprint density at radius 3 is 2.50 bits per heavy atom. The van der Waals surface area contributed by atoms with E-state index in [1.165, 1.54) is 6.07 Å². The number of aldehydes is 1. The van der Waals surface area contributed by atoms with E-state index in [-0.39, 0.29) is 30.6 Å². The predicted molar refractivity (Wildman–Crippen MR) is 78.2 cm³/mol. The summed E-state index contributed by atoms with van der Waals surface area (Å²) in [5.41, 5.74) is 0.532. The number of benzene rings is 2. The molecule has 0 unspecified atom stereocenters. The molecule has 0 atom stereocenters. The highest BCUT2D eigenvalue weighted by atomic mass is 127. The van der Waals surface area contributed by atoms with Crippen LogP contribution in [0.3, 0.4) is 0 Å². The minimum Gasteiger partial charge on any atom is -0.508 e. The molecule has 0 aliphatic heterocycles. The molecule has 1 N–H and O–H groups in total. The summed E-state index contributed by atoms with van der Waals surface area (Å²) in [6.07, 6.45) is 0.768. The van der Waals surface area contributed by atoms with Crippen LogP contribution in [0.2, 0.25) is 0 Å². The Labute approximate surface area is 119 Å². The highest BCUT2D eigenvalue weighted by molar-refractivity contribution is 14.1. The lowest BCUT2D eigenvalue weighted by molar-refractivity contribution is 0.112. The average Bonchev–Trinajstić information content (AvgIpc) is 2.16. The first-order valence-corrected chi connectivity index (χ1v) is 5.16. The van der Waals surface area contributed by atoms with Crippen LogP contribution in [0.4, 0.5) is 0 Å². The van der Waals surface area contributed by atoms with E-state index in [2.05, 4.69) is 22.6 Å². The first-order valence-electron chi connectivity index (χ1n) is 4.09. The van der Waals surface area contributed by atoms with Gasteiger partial charge in [-0.2, -0.15) is 0 Å². The summed E-state index contributed by atoms with van der Waals surface area (Å²) in [5.74, 6) is 0.126. The molecule has 0 saturated heterocycles. The molecule has 0 spiro atoms. The van der Waals surface area contributed by atoms with Gasteiger partial charge in [-0.15, -0.1) is 24.8 Å². The minimum atomic E-state index is 0. The van der Waals surface area contributed by atoms with Crippen LogP contribution in [0.1, 0.15) is 10.4 Å². The summed E-state index contributed by atoms with van der Waals surface area (Å²) in [7, 11) is 0. The van der Waals surface area contributed by atoms with Gasteiger partial charge in [0.2, 0.25) is 0 Å². The fraction of sp³-hybridized carbons (Fsp3) is 0. The van der Waals surface area contributed by atoms with Crippen LogP contribution in [0.5, 0.6) is 5.75 Å². The lowest BCUT2D eigenvalue weighted by Crippen LogP contribution is -1.86. The van der Waals surface area contributed by atoms with Gasteiger partial charge < -0.3 is 5.11 Å². The molecule has 0 bridgehead atoms. The van der Waals surface area contributed by atoms with Crippen molar-refractivity contribution in [2.45, 2.75) is 0 Å². The standard InChI is InChI=1S/C11H7IO2.2ClH/c12-10-3-1-2-7-4-9(14)5-8(6-13)11(7)10;;/h1-6,14H;2*1H. The second-order valence-corrected chi connectivity index (χ2v) is 4.15. The topological polar surface area (TPSA) is 37.3 Å². The van der Waals surface area contributed by atoms with Gasteiger partial charge in [0.15, 0.2) is 6.29 Å². The summed E-state index contributed by atoms with van der Waals surface area (Å²) < 4.78 is 1.02. The molecule has 5 heteroatoms. The van der Waals surface area contributed by atoms with E-state index in [1.54, 1.807) is 6.07 Å². The molecule has 0 heterocycles. The zero-order valence-electron chi connectivity index (χ0n) is 8.01. The van der Waals surface area contributed by atoms with Crippen LogP contribution in [-0.2, 0) is 0 Å². The van der Waals surface area contributed by atoms with E-state index >= 15 is 0 Å². The highest BCUT2D eigenvalue weighted by Gasteiger charge is 2.05. The maximum absolute atomic E-state index is 10.8. The fourth-order valence-electron chi connectivity index (χ4n) is 1.49. The summed E-state index contributed by atoms with van der Waals surface area (Å²) in [4.78, 5) is 10.8. The predicted octanol–water partition coefficient (Wildman–Crippen LogP) is 3.81. The molecular formula is C11H9Cl2IO2. The number of carbonyl (C=O) groups is 1. The molecule has 2 aromatic carbocycles. The average molecular weight is 371 g/mol. The summed E-state index contributed by atoms with van der Waals surface area (Å²) in [6.45, 7) is 0. The zero-order valence-corrected chi connectivity index (χ0v) is 11.8. The molecule has 0 amide bonds. The van der Waals surface area contributed by atoms with Gasteiger partial charge >= 0.3 is 0 Å². The summed E-state index contributed by atoms with van der Waals surface area (Å²) in [6, 6.07) is 8.86. The van der Waals surface area contributed by atoms with E-state index in [0.717, 1.165) is 20.6 Å². The Kier molecular flexibility index (Phi) is 6.07. The van der Waals surface area contributed by atoms with Crippen LogP contribution in [0.15, 0.2) is 30.3 Å². The van der Waals surface area contributed by atoms with Crippen molar-refractivity contribution in [3.8, 4) is 5.75 Å². The molecular weight excluding hydrogens is 362 g/mol. The second-order valence-electron chi connectivity index (χ2n) is 2.99. The van der Waals surface area contributed by atoms with Crippen molar-refractivity contribution >= 4 is 64.5 Å². The van der Waals surface area contributed by atoms with Gasteiger partial charge in [0.05, 0.1) is 0 Å². The number of halogens is 3. The van der Waals surface area contributed by atoms with E-state index in [9.17, 15) is 9.90 Å². The number of fused-ring (bicyclic) bond motifs is 1. The largest absolute Gasteiger partial charge is 0.508 e. The lowest BCUT2D eigenvalue weighted by atomic mass is 10.1. The van der Waals surface area contributed by atoms with E-state index in [4.69, 9.17) is 0 Å². The molecule has 86 valence electrons. The minimum absolute atomic E-state index is 0. The van der Waals surface area contributed by atoms with Crippen LogP contribution in [0.25, 0.3) is 10.8 Å². The zero-order chi connectivity index (χ0) is 10.1.